The molecule has 108 valence electrons. The highest BCUT2D eigenvalue weighted by Crippen LogP contribution is 2.39. The van der Waals surface area contributed by atoms with E-state index >= 15 is 0 Å². The minimum Gasteiger partial charge on any atom is -0.299 e. The highest BCUT2D eigenvalue weighted by Gasteiger charge is 2.34. The van der Waals surface area contributed by atoms with E-state index in [9.17, 15) is 4.79 Å². The third kappa shape index (κ3) is 4.06. The molecule has 1 nitrogen and oxygen atoms in total. The number of hydrogen-bond acceptors (Lipinski definition) is 1. The highest BCUT2D eigenvalue weighted by atomic mass is 16.1. The molecule has 0 saturated heterocycles. The van der Waals surface area contributed by atoms with Crippen LogP contribution in [-0.4, -0.2) is 5.78 Å². The lowest BCUT2D eigenvalue weighted by atomic mass is 9.68. The molecule has 1 fully saturated rings. The molecule has 0 N–H and O–H groups in total. The average Bonchev–Trinajstić information content (AvgIpc) is 2.41. The van der Waals surface area contributed by atoms with Gasteiger partial charge >= 0.3 is 0 Å². The van der Waals surface area contributed by atoms with Crippen LogP contribution in [0.4, 0.5) is 0 Å². The Kier molecular flexibility index (Phi) is 4.80. The van der Waals surface area contributed by atoms with Crippen molar-refractivity contribution in [3.63, 3.8) is 0 Å². The Balaban J connectivity index is 1.94. The monoisotopic (exact) mass is 270 g/mol. The van der Waals surface area contributed by atoms with Gasteiger partial charge in [0.15, 0.2) is 0 Å². The molecular formula is C19H26O. The molecule has 1 aliphatic carbocycles. The van der Waals surface area contributed by atoms with Crippen LogP contribution in [0.25, 0.3) is 6.08 Å². The molecule has 0 heterocycles. The summed E-state index contributed by atoms with van der Waals surface area (Å²) in [6.45, 7) is 6.89. The lowest BCUT2D eigenvalue weighted by Gasteiger charge is -2.36. The van der Waals surface area contributed by atoms with Gasteiger partial charge in [-0.3, -0.25) is 4.79 Å². The standard InChI is InChI=1S/C19H26O/c1-19(2,3)17-12-13-18(20)16(14-17)11-7-10-15-8-5-4-6-9-15/h4-10,16-17H,11-14H2,1-3H3/b10-7+/t16-,17-/m1/s1. The quantitative estimate of drug-likeness (QED) is 0.745. The lowest BCUT2D eigenvalue weighted by molar-refractivity contribution is -0.126. The van der Waals surface area contributed by atoms with E-state index in [0.29, 0.717) is 17.1 Å². The van der Waals surface area contributed by atoms with E-state index < -0.39 is 0 Å². The predicted molar refractivity (Wildman–Crippen MR) is 85.4 cm³/mol. The maximum atomic E-state index is 12.1. The van der Waals surface area contributed by atoms with Gasteiger partial charge in [0.1, 0.15) is 5.78 Å². The van der Waals surface area contributed by atoms with Gasteiger partial charge in [-0.1, -0.05) is 63.3 Å². The van der Waals surface area contributed by atoms with Crippen LogP contribution in [0.15, 0.2) is 36.4 Å². The minimum absolute atomic E-state index is 0.230. The summed E-state index contributed by atoms with van der Waals surface area (Å²) >= 11 is 0. The van der Waals surface area contributed by atoms with Gasteiger partial charge < -0.3 is 0 Å². The van der Waals surface area contributed by atoms with Gasteiger partial charge in [0.25, 0.3) is 0 Å². The summed E-state index contributed by atoms with van der Waals surface area (Å²) in [5.41, 5.74) is 1.53. The second-order valence-corrected chi connectivity index (χ2v) is 7.05. The molecule has 0 aliphatic heterocycles. The van der Waals surface area contributed by atoms with E-state index in [1.54, 1.807) is 0 Å². The molecule has 1 saturated carbocycles. The molecule has 0 amide bonds. The first-order valence-electron chi connectivity index (χ1n) is 7.71. The molecule has 0 radical (unpaired) electrons. The van der Waals surface area contributed by atoms with E-state index in [1.165, 1.54) is 5.56 Å². The normalized spacial score (nSPS) is 24.2. The smallest absolute Gasteiger partial charge is 0.136 e. The van der Waals surface area contributed by atoms with Crippen LogP contribution < -0.4 is 0 Å². The molecule has 1 heteroatoms. The van der Waals surface area contributed by atoms with Gasteiger partial charge in [-0.25, -0.2) is 0 Å². The molecule has 1 aromatic rings. The summed E-state index contributed by atoms with van der Waals surface area (Å²) < 4.78 is 0. The van der Waals surface area contributed by atoms with Crippen molar-refractivity contribution in [2.45, 2.75) is 46.5 Å². The highest BCUT2D eigenvalue weighted by molar-refractivity contribution is 5.82. The third-order valence-corrected chi connectivity index (χ3v) is 4.52. The van der Waals surface area contributed by atoms with E-state index in [-0.39, 0.29) is 5.92 Å². The SMILES string of the molecule is CC(C)(C)[C@@H]1CCC(=O)[C@H](C/C=C/c2ccccc2)C1. The van der Waals surface area contributed by atoms with E-state index in [4.69, 9.17) is 0 Å². The first kappa shape index (κ1) is 15.0. The molecule has 2 rings (SSSR count). The van der Waals surface area contributed by atoms with Crippen molar-refractivity contribution >= 4 is 11.9 Å². The molecule has 20 heavy (non-hydrogen) atoms. The van der Waals surface area contributed by atoms with Gasteiger partial charge in [0.2, 0.25) is 0 Å². The van der Waals surface area contributed by atoms with Crippen LogP contribution in [0.5, 0.6) is 0 Å². The van der Waals surface area contributed by atoms with Gasteiger partial charge in [-0.15, -0.1) is 0 Å². The van der Waals surface area contributed by atoms with Crippen LogP contribution in [0.2, 0.25) is 0 Å². The molecule has 2 atom stereocenters. The Labute approximate surface area is 123 Å². The van der Waals surface area contributed by atoms with Gasteiger partial charge in [-0.2, -0.15) is 0 Å². The molecule has 1 aromatic carbocycles. The maximum absolute atomic E-state index is 12.1. The molecule has 0 aromatic heterocycles. The fourth-order valence-corrected chi connectivity index (χ4v) is 3.06. The number of Topliss-reactive ketones (excluding diaryl/α,β-unsaturated/α-hetero) is 1. The summed E-state index contributed by atoms with van der Waals surface area (Å²) in [5, 5.41) is 0. The number of hydrogen-bond donors (Lipinski definition) is 0. The fourth-order valence-electron chi connectivity index (χ4n) is 3.06. The molecule has 0 unspecified atom stereocenters. The van der Waals surface area contributed by atoms with Gasteiger partial charge in [-0.05, 0) is 36.2 Å². The lowest BCUT2D eigenvalue weighted by Crippen LogP contribution is -2.31. The largest absolute Gasteiger partial charge is 0.299 e. The van der Waals surface area contributed by atoms with Crippen LogP contribution in [0.1, 0.15) is 52.0 Å². The van der Waals surface area contributed by atoms with Crippen LogP contribution in [0.3, 0.4) is 0 Å². The Hall–Kier alpha value is -1.37. The number of carbonyl (C=O) groups excluding carboxylic acids is 1. The van der Waals surface area contributed by atoms with E-state index in [1.807, 2.05) is 18.2 Å². The number of carbonyl (C=O) groups is 1. The predicted octanol–water partition coefficient (Wildman–Crippen LogP) is 5.12. The Bertz CT molecular complexity index is 464. The van der Waals surface area contributed by atoms with Crippen LogP contribution >= 0.6 is 0 Å². The van der Waals surface area contributed by atoms with Crippen molar-refractivity contribution in [3.05, 3.63) is 42.0 Å². The van der Waals surface area contributed by atoms with E-state index in [2.05, 4.69) is 45.1 Å². The van der Waals surface area contributed by atoms with Crippen molar-refractivity contribution in [1.29, 1.82) is 0 Å². The topological polar surface area (TPSA) is 17.1 Å². The van der Waals surface area contributed by atoms with Crippen molar-refractivity contribution in [2.75, 3.05) is 0 Å². The number of ketones is 1. The molecular weight excluding hydrogens is 244 g/mol. The summed E-state index contributed by atoms with van der Waals surface area (Å²) in [6, 6.07) is 10.3. The number of rotatable bonds is 3. The maximum Gasteiger partial charge on any atom is 0.136 e. The Morgan fingerprint density at radius 2 is 1.90 bits per heavy atom. The third-order valence-electron chi connectivity index (χ3n) is 4.52. The Morgan fingerprint density at radius 3 is 2.55 bits per heavy atom. The second-order valence-electron chi connectivity index (χ2n) is 7.05. The first-order valence-corrected chi connectivity index (χ1v) is 7.71. The summed E-state index contributed by atoms with van der Waals surface area (Å²) in [5.74, 6) is 1.37. The van der Waals surface area contributed by atoms with Crippen molar-refractivity contribution in [3.8, 4) is 0 Å². The summed E-state index contributed by atoms with van der Waals surface area (Å²) in [7, 11) is 0. The van der Waals surface area contributed by atoms with Crippen LogP contribution in [-0.2, 0) is 4.79 Å². The van der Waals surface area contributed by atoms with Gasteiger partial charge in [0.05, 0.1) is 0 Å². The van der Waals surface area contributed by atoms with Gasteiger partial charge in [0, 0.05) is 12.3 Å². The molecule has 1 aliphatic rings. The van der Waals surface area contributed by atoms with Crippen molar-refractivity contribution in [2.24, 2.45) is 17.3 Å². The fraction of sp³-hybridized carbons (Fsp3) is 0.526. The summed E-state index contributed by atoms with van der Waals surface area (Å²) in [4.78, 5) is 12.1. The van der Waals surface area contributed by atoms with E-state index in [0.717, 1.165) is 25.7 Å². The number of allylic oxidation sites excluding steroid dienone is 1. The van der Waals surface area contributed by atoms with Crippen molar-refractivity contribution < 1.29 is 4.79 Å². The zero-order chi connectivity index (χ0) is 14.6. The average molecular weight is 270 g/mol. The van der Waals surface area contributed by atoms with Crippen LogP contribution in [0, 0.1) is 17.3 Å². The zero-order valence-electron chi connectivity index (χ0n) is 12.9. The zero-order valence-corrected chi connectivity index (χ0v) is 12.9. The second kappa shape index (κ2) is 6.39. The van der Waals surface area contributed by atoms with Crippen molar-refractivity contribution in [1.82, 2.24) is 0 Å². The molecule has 0 bridgehead atoms. The first-order chi connectivity index (χ1) is 9.47. The Morgan fingerprint density at radius 1 is 1.20 bits per heavy atom. The molecule has 0 spiro atoms. The summed E-state index contributed by atoms with van der Waals surface area (Å²) in [6.07, 6.45) is 8.09. The number of benzene rings is 1. The minimum atomic E-state index is 0.230.